The molecule has 110 valence electrons. The summed E-state index contributed by atoms with van der Waals surface area (Å²) in [4.78, 5) is 22.9. The van der Waals surface area contributed by atoms with Crippen LogP contribution in [-0.2, 0) is 4.79 Å². The number of rotatable bonds is 4. The van der Waals surface area contributed by atoms with Gasteiger partial charge in [-0.15, -0.1) is 0 Å². The average Bonchev–Trinajstić information content (AvgIpc) is 2.30. The molecule has 2 amide bonds. The Morgan fingerprint density at radius 2 is 1.74 bits per heavy atom. The lowest BCUT2D eigenvalue weighted by atomic mass is 10.00. The maximum absolute atomic E-state index is 11.9. The molecule has 3 atom stereocenters. The molecule has 0 aromatic heterocycles. The van der Waals surface area contributed by atoms with Gasteiger partial charge in [-0.1, -0.05) is 20.3 Å². The third-order valence-corrected chi connectivity index (χ3v) is 3.64. The molecule has 1 fully saturated rings. The lowest BCUT2D eigenvalue weighted by Gasteiger charge is -2.38. The topological polar surface area (TPSA) is 81.7 Å². The van der Waals surface area contributed by atoms with Crippen LogP contribution in [0.25, 0.3) is 0 Å². The maximum atomic E-state index is 11.9. The Bertz CT molecular complexity index is 323. The van der Waals surface area contributed by atoms with Gasteiger partial charge in [0.25, 0.3) is 0 Å². The number of carboxylic acids is 1. The number of hydrazine groups is 1. The van der Waals surface area contributed by atoms with Crippen LogP contribution in [0.2, 0.25) is 0 Å². The fourth-order valence-corrected chi connectivity index (χ4v) is 2.45. The third-order valence-electron chi connectivity index (χ3n) is 3.64. The molecule has 0 aromatic carbocycles. The largest absolute Gasteiger partial charge is 0.480 e. The molecule has 1 rings (SSSR count). The first kappa shape index (κ1) is 15.8. The number of aliphatic carboxylic acids is 1. The first-order valence-corrected chi connectivity index (χ1v) is 6.91. The highest BCUT2D eigenvalue weighted by Gasteiger charge is 2.28. The number of carbonyl (C=O) groups excluding carboxylic acids is 1. The Balaban J connectivity index is 2.56. The van der Waals surface area contributed by atoms with E-state index in [0.717, 1.165) is 19.3 Å². The molecule has 0 bridgehead atoms. The number of piperidine rings is 1. The zero-order valence-electron chi connectivity index (χ0n) is 12.1. The van der Waals surface area contributed by atoms with Gasteiger partial charge >= 0.3 is 12.0 Å². The van der Waals surface area contributed by atoms with E-state index >= 15 is 0 Å². The van der Waals surface area contributed by atoms with E-state index in [4.69, 9.17) is 5.11 Å². The molecule has 1 heterocycles. The fraction of sp³-hybridized carbons (Fsp3) is 0.846. The Morgan fingerprint density at radius 3 is 2.16 bits per heavy atom. The van der Waals surface area contributed by atoms with Crippen molar-refractivity contribution in [1.29, 1.82) is 0 Å². The van der Waals surface area contributed by atoms with Gasteiger partial charge in [-0.3, -0.25) is 5.43 Å². The molecule has 1 saturated heterocycles. The summed E-state index contributed by atoms with van der Waals surface area (Å²) >= 11 is 0. The lowest BCUT2D eigenvalue weighted by molar-refractivity contribution is -0.140. The summed E-state index contributed by atoms with van der Waals surface area (Å²) in [5.41, 5.74) is 2.78. The third kappa shape index (κ3) is 4.38. The molecule has 3 N–H and O–H groups in total. The summed E-state index contributed by atoms with van der Waals surface area (Å²) in [6, 6.07) is -0.759. The molecule has 6 heteroatoms. The van der Waals surface area contributed by atoms with Crippen molar-refractivity contribution in [2.24, 2.45) is 5.92 Å². The van der Waals surface area contributed by atoms with Gasteiger partial charge in [-0.25, -0.2) is 14.6 Å². The molecular formula is C13H25N3O3. The van der Waals surface area contributed by atoms with E-state index in [-0.39, 0.29) is 18.0 Å². The Kier molecular flexibility index (Phi) is 5.60. The maximum Gasteiger partial charge on any atom is 0.330 e. The van der Waals surface area contributed by atoms with Crippen LogP contribution in [-0.4, -0.2) is 40.2 Å². The van der Waals surface area contributed by atoms with E-state index in [1.165, 1.54) is 0 Å². The summed E-state index contributed by atoms with van der Waals surface area (Å²) in [5, 5.41) is 13.5. The Labute approximate surface area is 114 Å². The van der Waals surface area contributed by atoms with Crippen molar-refractivity contribution in [3.63, 3.8) is 0 Å². The predicted molar refractivity (Wildman–Crippen MR) is 72.5 cm³/mol. The SMILES string of the molecule is CC(C)[C@H](NC(=O)NN1C(C)CCCC1C)C(=O)O. The van der Waals surface area contributed by atoms with Crippen LogP contribution in [0.4, 0.5) is 4.79 Å². The minimum Gasteiger partial charge on any atom is -0.480 e. The van der Waals surface area contributed by atoms with E-state index in [1.807, 2.05) is 5.01 Å². The lowest BCUT2D eigenvalue weighted by Crippen LogP contribution is -2.59. The van der Waals surface area contributed by atoms with Crippen LogP contribution < -0.4 is 10.7 Å². The van der Waals surface area contributed by atoms with Crippen molar-refractivity contribution in [1.82, 2.24) is 15.8 Å². The summed E-state index contributed by atoms with van der Waals surface area (Å²) in [7, 11) is 0. The van der Waals surface area contributed by atoms with Crippen LogP contribution >= 0.6 is 0 Å². The first-order chi connectivity index (χ1) is 8.82. The van der Waals surface area contributed by atoms with E-state index in [0.29, 0.717) is 0 Å². The van der Waals surface area contributed by atoms with Crippen molar-refractivity contribution >= 4 is 12.0 Å². The minimum atomic E-state index is -1.01. The number of hydrogen-bond acceptors (Lipinski definition) is 3. The summed E-state index contributed by atoms with van der Waals surface area (Å²) < 4.78 is 0. The van der Waals surface area contributed by atoms with Crippen LogP contribution in [0.3, 0.4) is 0 Å². The molecule has 6 nitrogen and oxygen atoms in total. The van der Waals surface area contributed by atoms with Crippen LogP contribution in [0.5, 0.6) is 0 Å². The van der Waals surface area contributed by atoms with Crippen molar-refractivity contribution < 1.29 is 14.7 Å². The summed E-state index contributed by atoms with van der Waals surface area (Å²) in [6.07, 6.45) is 3.24. The van der Waals surface area contributed by atoms with Crippen LogP contribution in [0.15, 0.2) is 0 Å². The van der Waals surface area contributed by atoms with E-state index < -0.39 is 18.0 Å². The van der Waals surface area contributed by atoms with Gasteiger partial charge in [-0.05, 0) is 32.6 Å². The number of hydrogen-bond donors (Lipinski definition) is 3. The second-order valence-electron chi connectivity index (χ2n) is 5.68. The van der Waals surface area contributed by atoms with Crippen LogP contribution in [0, 0.1) is 5.92 Å². The van der Waals surface area contributed by atoms with Crippen LogP contribution in [0.1, 0.15) is 47.0 Å². The summed E-state index contributed by atoms with van der Waals surface area (Å²) in [6.45, 7) is 7.66. The molecule has 2 unspecified atom stereocenters. The van der Waals surface area contributed by atoms with Gasteiger partial charge in [0.15, 0.2) is 0 Å². The highest BCUT2D eigenvalue weighted by molar-refractivity contribution is 5.82. The number of carbonyl (C=O) groups is 2. The van der Waals surface area contributed by atoms with Crippen molar-refractivity contribution in [2.75, 3.05) is 0 Å². The zero-order chi connectivity index (χ0) is 14.6. The fourth-order valence-electron chi connectivity index (χ4n) is 2.45. The van der Waals surface area contributed by atoms with E-state index in [1.54, 1.807) is 13.8 Å². The van der Waals surface area contributed by atoms with Gasteiger partial charge in [0.05, 0.1) is 0 Å². The predicted octanol–water partition coefficient (Wildman–Crippen LogP) is 1.57. The number of nitrogens with zero attached hydrogens (tertiary/aromatic N) is 1. The molecular weight excluding hydrogens is 246 g/mol. The Morgan fingerprint density at radius 1 is 1.21 bits per heavy atom. The molecule has 0 aromatic rings. The molecule has 0 aliphatic carbocycles. The quantitative estimate of drug-likeness (QED) is 0.725. The molecule has 0 radical (unpaired) electrons. The number of urea groups is 1. The standard InChI is InChI=1S/C13H25N3O3/c1-8(2)11(12(17)18)14-13(19)15-16-9(3)6-5-7-10(16)4/h8-11H,5-7H2,1-4H3,(H,17,18)(H2,14,15,19)/t9?,10?,11-/m0/s1. The number of carboxylic acid groups (broad SMARTS) is 1. The highest BCUT2D eigenvalue weighted by Crippen LogP contribution is 2.20. The van der Waals surface area contributed by atoms with Gasteiger partial charge in [-0.2, -0.15) is 0 Å². The van der Waals surface area contributed by atoms with E-state index in [2.05, 4.69) is 24.6 Å². The molecule has 0 spiro atoms. The average molecular weight is 271 g/mol. The van der Waals surface area contributed by atoms with Gasteiger partial charge < -0.3 is 10.4 Å². The van der Waals surface area contributed by atoms with Crippen molar-refractivity contribution in [2.45, 2.75) is 65.1 Å². The second-order valence-corrected chi connectivity index (χ2v) is 5.68. The molecule has 1 aliphatic rings. The molecule has 1 aliphatic heterocycles. The van der Waals surface area contributed by atoms with Crippen molar-refractivity contribution in [3.05, 3.63) is 0 Å². The first-order valence-electron chi connectivity index (χ1n) is 6.91. The van der Waals surface area contributed by atoms with Gasteiger partial charge in [0.1, 0.15) is 6.04 Å². The second kappa shape index (κ2) is 6.75. The Hall–Kier alpha value is -1.30. The highest BCUT2D eigenvalue weighted by atomic mass is 16.4. The zero-order valence-corrected chi connectivity index (χ0v) is 12.1. The van der Waals surface area contributed by atoms with Gasteiger partial charge in [0, 0.05) is 12.1 Å². The monoisotopic (exact) mass is 271 g/mol. The molecule has 0 saturated carbocycles. The normalized spacial score (nSPS) is 25.9. The number of amides is 2. The summed E-state index contributed by atoms with van der Waals surface area (Å²) in [5.74, 6) is -1.16. The van der Waals surface area contributed by atoms with Gasteiger partial charge in [0.2, 0.25) is 0 Å². The minimum absolute atomic E-state index is 0.153. The van der Waals surface area contributed by atoms with E-state index in [9.17, 15) is 9.59 Å². The molecule has 19 heavy (non-hydrogen) atoms. The number of nitrogens with one attached hydrogen (secondary N) is 2. The smallest absolute Gasteiger partial charge is 0.330 e. The van der Waals surface area contributed by atoms with Crippen molar-refractivity contribution in [3.8, 4) is 0 Å².